The molecule has 4 bridgehead atoms. The Labute approximate surface area is 356 Å². The van der Waals surface area contributed by atoms with E-state index in [2.05, 4.69) is 193 Å². The van der Waals surface area contributed by atoms with Gasteiger partial charge in [0, 0.05) is 42.6 Å². The van der Waals surface area contributed by atoms with Gasteiger partial charge < -0.3 is 4.90 Å². The first-order chi connectivity index (χ1) is 29.7. The van der Waals surface area contributed by atoms with E-state index in [0.717, 1.165) is 40.7 Å². The second-order valence-corrected chi connectivity index (χ2v) is 19.2. The molecule has 8 aromatic carbocycles. The van der Waals surface area contributed by atoms with Crippen molar-refractivity contribution in [1.29, 1.82) is 0 Å². The van der Waals surface area contributed by atoms with Crippen LogP contribution in [0.25, 0.3) is 64.7 Å². The molecule has 0 atom stereocenters. The van der Waals surface area contributed by atoms with Gasteiger partial charge in [-0.3, -0.25) is 0 Å². The van der Waals surface area contributed by atoms with Crippen molar-refractivity contribution in [2.45, 2.75) is 37.5 Å². The average molecular weight is 788 g/mol. The fraction of sp³-hybridized carbons (Fsp3) is 0.172. The molecule has 4 fully saturated rings. The van der Waals surface area contributed by atoms with Crippen LogP contribution in [-0.4, -0.2) is 0 Å². The van der Waals surface area contributed by atoms with Gasteiger partial charge in [-0.25, -0.2) is 0 Å². The van der Waals surface area contributed by atoms with Gasteiger partial charge in [-0.1, -0.05) is 140 Å². The number of hydrogen-bond acceptors (Lipinski definition) is 2. The first-order valence-corrected chi connectivity index (χ1v) is 22.8. The molecular formula is C58H45NS. The summed E-state index contributed by atoms with van der Waals surface area (Å²) in [5, 5.41) is 2.65. The summed E-state index contributed by atoms with van der Waals surface area (Å²) < 4.78 is 2.69. The monoisotopic (exact) mass is 787 g/mol. The molecular weight excluding hydrogens is 743 g/mol. The van der Waals surface area contributed by atoms with Gasteiger partial charge in [0.05, 0.1) is 0 Å². The van der Waals surface area contributed by atoms with Crippen molar-refractivity contribution in [3.05, 3.63) is 199 Å². The molecule has 1 aromatic heterocycles. The summed E-state index contributed by atoms with van der Waals surface area (Å²) in [6.07, 6.45) is 7.08. The smallest absolute Gasteiger partial charge is 0.0468 e. The highest BCUT2D eigenvalue weighted by atomic mass is 32.1. The highest BCUT2D eigenvalue weighted by molar-refractivity contribution is 7.25. The van der Waals surface area contributed by atoms with E-state index in [9.17, 15) is 0 Å². The van der Waals surface area contributed by atoms with Crippen LogP contribution in [-0.2, 0) is 5.41 Å². The predicted octanol–water partition coefficient (Wildman–Crippen LogP) is 16.2. The van der Waals surface area contributed by atoms with Gasteiger partial charge in [0.1, 0.15) is 0 Å². The lowest BCUT2D eigenvalue weighted by Crippen LogP contribution is -2.55. The second kappa shape index (κ2) is 13.4. The SMILES string of the molecule is c1ccc(-c2ccc(N(c3ccc(-c4ccccc4)cc3)c3ccc4sc5cc(-c6cccc7c6C6(c8ccccc8-7)C7CC8CC(C7)CC6C8)ccc5c4c3)cc2)cc1. The molecule has 4 saturated carbocycles. The quantitative estimate of drug-likeness (QED) is 0.162. The molecule has 0 unspecified atom stereocenters. The number of fused-ring (bicyclic) bond motifs is 6. The highest BCUT2D eigenvalue weighted by Crippen LogP contribution is 2.70. The molecule has 60 heavy (non-hydrogen) atoms. The lowest BCUT2D eigenvalue weighted by Gasteiger charge is -2.61. The van der Waals surface area contributed by atoms with Gasteiger partial charge in [-0.15, -0.1) is 11.3 Å². The Bertz CT molecular complexity index is 2970. The largest absolute Gasteiger partial charge is 0.310 e. The van der Waals surface area contributed by atoms with E-state index in [1.54, 1.807) is 11.1 Å². The summed E-state index contributed by atoms with van der Waals surface area (Å²) in [5.41, 5.74) is 17.6. The molecule has 5 aliphatic carbocycles. The van der Waals surface area contributed by atoms with Crippen LogP contribution in [0.5, 0.6) is 0 Å². The summed E-state index contributed by atoms with van der Waals surface area (Å²) in [6.45, 7) is 0. The van der Waals surface area contributed by atoms with E-state index in [1.807, 2.05) is 11.3 Å². The summed E-state index contributed by atoms with van der Waals surface area (Å²) in [7, 11) is 0. The van der Waals surface area contributed by atoms with Gasteiger partial charge in [-0.05, 0) is 160 Å². The van der Waals surface area contributed by atoms with Crippen LogP contribution in [0.4, 0.5) is 17.1 Å². The molecule has 0 amide bonds. The third-order valence-corrected chi connectivity index (χ3v) is 16.2. The minimum atomic E-state index is 0.141. The average Bonchev–Trinajstić information content (AvgIpc) is 3.82. The van der Waals surface area contributed by atoms with Gasteiger partial charge in [0.25, 0.3) is 0 Å². The summed E-state index contributed by atoms with van der Waals surface area (Å²) in [4.78, 5) is 2.41. The van der Waals surface area contributed by atoms with Crippen molar-refractivity contribution in [3.8, 4) is 44.5 Å². The first kappa shape index (κ1) is 34.6. The zero-order chi connectivity index (χ0) is 39.4. The Hall–Kier alpha value is -6.22. The molecule has 288 valence electrons. The number of thiophene rings is 1. The van der Waals surface area contributed by atoms with Crippen LogP contribution < -0.4 is 4.90 Å². The van der Waals surface area contributed by atoms with Crippen LogP contribution in [0.15, 0.2) is 188 Å². The van der Waals surface area contributed by atoms with Crippen molar-refractivity contribution < 1.29 is 0 Å². The van der Waals surface area contributed by atoms with Crippen LogP contribution in [0.3, 0.4) is 0 Å². The Morgan fingerprint density at radius 1 is 0.383 bits per heavy atom. The van der Waals surface area contributed by atoms with Crippen LogP contribution >= 0.6 is 11.3 Å². The topological polar surface area (TPSA) is 3.24 Å². The van der Waals surface area contributed by atoms with Crippen molar-refractivity contribution in [2.75, 3.05) is 4.90 Å². The maximum atomic E-state index is 2.52. The maximum absolute atomic E-state index is 2.52. The van der Waals surface area contributed by atoms with E-state index >= 15 is 0 Å². The fourth-order valence-corrected chi connectivity index (χ4v) is 14.0. The first-order valence-electron chi connectivity index (χ1n) is 22.0. The zero-order valence-corrected chi connectivity index (χ0v) is 34.4. The van der Waals surface area contributed by atoms with E-state index in [1.165, 1.54) is 96.8 Å². The van der Waals surface area contributed by atoms with E-state index in [4.69, 9.17) is 0 Å². The molecule has 0 radical (unpaired) electrons. The molecule has 5 aliphatic rings. The number of hydrogen-bond donors (Lipinski definition) is 0. The van der Waals surface area contributed by atoms with Gasteiger partial charge in [0.15, 0.2) is 0 Å². The summed E-state index contributed by atoms with van der Waals surface area (Å²) in [5.74, 6) is 3.35. The third-order valence-electron chi connectivity index (χ3n) is 15.1. The highest BCUT2D eigenvalue weighted by Gasteiger charge is 2.62. The third kappa shape index (κ3) is 5.17. The number of anilines is 3. The standard InChI is InChI=1S/C58H45NS/c1-3-10-39(11-4-1)41-18-23-46(24-19-41)59(47-25-20-42(21-26-47)40-12-5-2-6-13-40)48-27-29-55-53(36-48)51-28-22-43(35-56(51)60-55)49-15-9-16-52-50-14-7-8-17-54(50)58(57(49)52)44-31-37-30-38(33-44)34-45(58)32-37/h1-29,35-38,44-45H,30-34H2. The molecule has 1 nitrogen and oxygen atoms in total. The van der Waals surface area contributed by atoms with Crippen molar-refractivity contribution in [1.82, 2.24) is 0 Å². The summed E-state index contributed by atoms with van der Waals surface area (Å²) in [6, 6.07) is 70.6. The minimum Gasteiger partial charge on any atom is -0.310 e. The van der Waals surface area contributed by atoms with Crippen LogP contribution in [0.1, 0.15) is 43.2 Å². The number of benzene rings is 8. The van der Waals surface area contributed by atoms with E-state index in [0.29, 0.717) is 0 Å². The zero-order valence-electron chi connectivity index (χ0n) is 33.6. The van der Waals surface area contributed by atoms with Gasteiger partial charge in [-0.2, -0.15) is 0 Å². The lowest BCUT2D eigenvalue weighted by atomic mass is 9.42. The second-order valence-electron chi connectivity index (χ2n) is 18.1. The van der Waals surface area contributed by atoms with Gasteiger partial charge in [0.2, 0.25) is 0 Å². The van der Waals surface area contributed by atoms with Gasteiger partial charge >= 0.3 is 0 Å². The number of nitrogens with zero attached hydrogens (tertiary/aromatic N) is 1. The molecule has 0 saturated heterocycles. The Morgan fingerprint density at radius 2 is 0.917 bits per heavy atom. The molecule has 1 spiro atoms. The molecule has 2 heteroatoms. The van der Waals surface area contributed by atoms with Crippen molar-refractivity contribution in [3.63, 3.8) is 0 Å². The van der Waals surface area contributed by atoms with Crippen LogP contribution in [0, 0.1) is 23.7 Å². The molecule has 14 rings (SSSR count). The Balaban J connectivity index is 0.922. The molecule has 9 aromatic rings. The van der Waals surface area contributed by atoms with E-state index in [-0.39, 0.29) is 5.41 Å². The van der Waals surface area contributed by atoms with Crippen LogP contribution in [0.2, 0.25) is 0 Å². The Kier molecular flexibility index (Phi) is 7.73. The molecule has 1 heterocycles. The molecule has 0 aliphatic heterocycles. The lowest BCUT2D eigenvalue weighted by molar-refractivity contribution is -0.0397. The predicted molar refractivity (Wildman–Crippen MR) is 254 cm³/mol. The van der Waals surface area contributed by atoms with Crippen molar-refractivity contribution >= 4 is 48.6 Å². The number of rotatable bonds is 6. The van der Waals surface area contributed by atoms with E-state index < -0.39 is 0 Å². The maximum Gasteiger partial charge on any atom is 0.0468 e. The fourth-order valence-electron chi connectivity index (χ4n) is 12.8. The van der Waals surface area contributed by atoms with Crippen molar-refractivity contribution in [2.24, 2.45) is 23.7 Å². The normalized spacial score (nSPS) is 22.1. The Morgan fingerprint density at radius 3 is 1.57 bits per heavy atom. The molecule has 0 N–H and O–H groups in total. The summed E-state index contributed by atoms with van der Waals surface area (Å²) >= 11 is 1.93. The minimum absolute atomic E-state index is 0.141.